The summed E-state index contributed by atoms with van der Waals surface area (Å²) >= 11 is 3.27. The lowest BCUT2D eigenvalue weighted by atomic mass is 9.95. The zero-order valence-corrected chi connectivity index (χ0v) is 18.9. The summed E-state index contributed by atoms with van der Waals surface area (Å²) in [5, 5.41) is 14.6. The summed E-state index contributed by atoms with van der Waals surface area (Å²) in [5.41, 5.74) is 6.01. The predicted molar refractivity (Wildman–Crippen MR) is 115 cm³/mol. The molecular weight excluding hydrogens is 440 g/mol. The Morgan fingerprint density at radius 2 is 1.94 bits per heavy atom. The first kappa shape index (κ1) is 22.5. The smallest absolute Gasteiger partial charge is 0.253 e. The zero-order valence-electron chi connectivity index (χ0n) is 17.3. The monoisotopic (exact) mass is 468 g/mol. The Kier molecular flexibility index (Phi) is 6.83. The molecule has 0 aromatic rings. The second kappa shape index (κ2) is 9.41. The molecule has 4 heterocycles. The predicted octanol–water partition coefficient (Wildman–Crippen LogP) is -2.54. The molecule has 11 heteroatoms. The minimum absolute atomic E-state index is 0.0462. The lowest BCUT2D eigenvalue weighted by Crippen LogP contribution is -3.13. The van der Waals surface area contributed by atoms with E-state index in [-0.39, 0.29) is 29.3 Å². The minimum Gasteiger partial charge on any atom is -0.543 e. The summed E-state index contributed by atoms with van der Waals surface area (Å²) in [4.78, 5) is 50.8. The highest BCUT2D eigenvalue weighted by Gasteiger charge is 2.53. The number of fused-ring (bicyclic) bond motifs is 1. The molecule has 3 unspecified atom stereocenters. The molecule has 0 saturated carbocycles. The molecule has 0 aromatic heterocycles. The maximum atomic E-state index is 12.7. The largest absolute Gasteiger partial charge is 0.543 e. The van der Waals surface area contributed by atoms with Crippen molar-refractivity contribution < 1.29 is 29.2 Å². The molecule has 4 aliphatic rings. The first-order chi connectivity index (χ1) is 14.8. The highest BCUT2D eigenvalue weighted by Crippen LogP contribution is 2.40. The van der Waals surface area contributed by atoms with Gasteiger partial charge in [0.15, 0.2) is 0 Å². The van der Waals surface area contributed by atoms with Crippen molar-refractivity contribution in [2.45, 2.75) is 48.8 Å². The number of carboxylic acid groups (broad SMARTS) is 1. The molecule has 0 bridgehead atoms. The quantitative estimate of drug-likeness (QED) is 0.350. The van der Waals surface area contributed by atoms with E-state index < -0.39 is 17.4 Å². The van der Waals surface area contributed by atoms with Crippen LogP contribution in [0.4, 0.5) is 0 Å². The van der Waals surface area contributed by atoms with Gasteiger partial charge in [-0.05, 0) is 18.6 Å². The molecular formula is C20H28N4O5S2. The standard InChI is InChI=1S/C20H28N4O5S2/c21-17(26)11-3-5-23(6-4-11)9-12-10-31-19-15(18(27)24(19)16(12)20(28)29)22-14(25)8-13-2-1-7-30-13/h11,13,15,19H,1-10H2,(H2,21,26)(H,22,25)(H,28,29). The minimum atomic E-state index is -1.35. The van der Waals surface area contributed by atoms with E-state index in [1.807, 2.05) is 0 Å². The van der Waals surface area contributed by atoms with Crippen LogP contribution in [0.2, 0.25) is 0 Å². The molecule has 0 spiro atoms. The number of rotatable bonds is 7. The average molecular weight is 469 g/mol. The average Bonchev–Trinajstić information content (AvgIpc) is 3.24. The summed E-state index contributed by atoms with van der Waals surface area (Å²) in [5.74, 6) is -0.744. The van der Waals surface area contributed by atoms with E-state index in [0.29, 0.717) is 42.4 Å². The molecule has 4 rings (SSSR count). The molecule has 0 aromatic carbocycles. The number of nitrogens with zero attached hydrogens (tertiary/aromatic N) is 1. The summed E-state index contributed by atoms with van der Waals surface area (Å²) < 4.78 is 0. The number of thioether (sulfide) groups is 2. The van der Waals surface area contributed by atoms with Gasteiger partial charge in [0, 0.05) is 41.8 Å². The van der Waals surface area contributed by atoms with Crippen molar-refractivity contribution in [3.63, 3.8) is 0 Å². The number of aliphatic carboxylic acids is 1. The van der Waals surface area contributed by atoms with E-state index in [2.05, 4.69) is 5.32 Å². The van der Waals surface area contributed by atoms with Crippen LogP contribution < -0.4 is 21.1 Å². The van der Waals surface area contributed by atoms with Gasteiger partial charge in [-0.2, -0.15) is 11.8 Å². The van der Waals surface area contributed by atoms with Crippen molar-refractivity contribution in [3.05, 3.63) is 11.3 Å². The number of carbonyl (C=O) groups excluding carboxylic acids is 4. The Morgan fingerprint density at radius 1 is 1.19 bits per heavy atom. The van der Waals surface area contributed by atoms with Gasteiger partial charge in [-0.3, -0.25) is 19.3 Å². The van der Waals surface area contributed by atoms with Crippen molar-refractivity contribution in [1.29, 1.82) is 0 Å². The van der Waals surface area contributed by atoms with Crippen LogP contribution in [0.1, 0.15) is 32.1 Å². The first-order valence-corrected chi connectivity index (χ1v) is 12.9. The zero-order chi connectivity index (χ0) is 22.1. The third kappa shape index (κ3) is 4.73. The van der Waals surface area contributed by atoms with Crippen molar-refractivity contribution >= 4 is 47.2 Å². The van der Waals surface area contributed by atoms with E-state index in [9.17, 15) is 24.3 Å². The van der Waals surface area contributed by atoms with Gasteiger partial charge >= 0.3 is 0 Å². The first-order valence-electron chi connectivity index (χ1n) is 10.8. The Morgan fingerprint density at radius 3 is 2.55 bits per heavy atom. The van der Waals surface area contributed by atoms with Gasteiger partial charge < -0.3 is 25.9 Å². The normalized spacial score (nSPS) is 33.0. The molecule has 170 valence electrons. The molecule has 3 saturated heterocycles. The summed E-state index contributed by atoms with van der Waals surface area (Å²) in [6, 6.07) is -0.682. The van der Waals surface area contributed by atoms with Crippen molar-refractivity contribution in [2.75, 3.05) is 31.1 Å². The Labute approximate surface area is 189 Å². The van der Waals surface area contributed by atoms with Crippen LogP contribution in [0.25, 0.3) is 0 Å². The second-order valence-corrected chi connectivity index (χ2v) is 11.2. The Balaban J connectivity index is 1.38. The molecule has 3 fully saturated rings. The number of hydrogen-bond acceptors (Lipinski definition) is 7. The molecule has 9 nitrogen and oxygen atoms in total. The number of likely N-dealkylation sites (tertiary alicyclic amines) is 1. The lowest BCUT2D eigenvalue weighted by molar-refractivity contribution is -0.901. The van der Waals surface area contributed by atoms with E-state index in [1.54, 1.807) is 11.8 Å². The van der Waals surface area contributed by atoms with Crippen LogP contribution in [0.15, 0.2) is 11.3 Å². The molecule has 31 heavy (non-hydrogen) atoms. The Hall–Kier alpha value is -1.72. The fraction of sp³-hybridized carbons (Fsp3) is 0.700. The van der Waals surface area contributed by atoms with Crippen molar-refractivity contribution in [1.82, 2.24) is 10.2 Å². The van der Waals surface area contributed by atoms with Gasteiger partial charge in [-0.15, -0.1) is 11.8 Å². The van der Waals surface area contributed by atoms with E-state index in [0.717, 1.165) is 31.7 Å². The lowest BCUT2D eigenvalue weighted by Gasteiger charge is -2.51. The summed E-state index contributed by atoms with van der Waals surface area (Å²) in [7, 11) is 0. The molecule has 0 aliphatic carbocycles. The van der Waals surface area contributed by atoms with Crippen LogP contribution in [-0.2, 0) is 19.2 Å². The van der Waals surface area contributed by atoms with Crippen LogP contribution >= 0.6 is 23.5 Å². The van der Waals surface area contributed by atoms with E-state index in [1.165, 1.54) is 21.6 Å². The van der Waals surface area contributed by atoms with E-state index >= 15 is 0 Å². The summed E-state index contributed by atoms with van der Waals surface area (Å²) in [6.07, 6.45) is 3.89. The SMILES string of the molecule is NC(=O)C1CC[NH+](CC2=C(C(=O)[O-])N3C(=O)C(NC(=O)CC4CCCS4)C3SC2)CC1. The third-order valence-electron chi connectivity index (χ3n) is 6.55. The van der Waals surface area contributed by atoms with Gasteiger partial charge in [-0.1, -0.05) is 0 Å². The van der Waals surface area contributed by atoms with Gasteiger partial charge in [-0.25, -0.2) is 0 Å². The number of carbonyl (C=O) groups is 4. The van der Waals surface area contributed by atoms with Gasteiger partial charge in [0.05, 0.1) is 24.8 Å². The van der Waals surface area contributed by atoms with Crippen LogP contribution in [-0.4, -0.2) is 76.4 Å². The highest BCUT2D eigenvalue weighted by atomic mass is 32.2. The fourth-order valence-corrected chi connectivity index (χ4v) is 7.46. The highest BCUT2D eigenvalue weighted by molar-refractivity contribution is 8.00. The number of quaternary nitrogens is 1. The number of primary amides is 1. The number of nitrogens with two attached hydrogens (primary N) is 1. The fourth-order valence-electron chi connectivity index (χ4n) is 4.84. The number of piperidine rings is 1. The number of carboxylic acids is 1. The van der Waals surface area contributed by atoms with Gasteiger partial charge in [0.2, 0.25) is 11.8 Å². The molecule has 3 amide bonds. The second-order valence-electron chi connectivity index (χ2n) is 8.64. The third-order valence-corrected chi connectivity index (χ3v) is 9.29. The molecule has 3 atom stereocenters. The number of β-lactam (4-membered cyclic amide) rings is 1. The van der Waals surface area contributed by atoms with Crippen molar-refractivity contribution in [3.8, 4) is 0 Å². The molecule has 4 N–H and O–H groups in total. The van der Waals surface area contributed by atoms with E-state index in [4.69, 9.17) is 5.73 Å². The van der Waals surface area contributed by atoms with Crippen LogP contribution in [0.5, 0.6) is 0 Å². The summed E-state index contributed by atoms with van der Waals surface area (Å²) in [6.45, 7) is 1.96. The Bertz CT molecular complexity index is 805. The maximum absolute atomic E-state index is 12.7. The maximum Gasteiger partial charge on any atom is 0.253 e. The number of hydrogen-bond donors (Lipinski definition) is 3. The topological polar surface area (TPSA) is 137 Å². The molecule has 4 aliphatic heterocycles. The van der Waals surface area contributed by atoms with Gasteiger partial charge in [0.25, 0.3) is 5.91 Å². The number of nitrogens with one attached hydrogen (secondary N) is 2. The van der Waals surface area contributed by atoms with Gasteiger partial charge in [0.1, 0.15) is 18.0 Å². The van der Waals surface area contributed by atoms with Crippen molar-refractivity contribution in [2.24, 2.45) is 11.7 Å². The number of amides is 3. The molecule has 0 radical (unpaired) electrons. The van der Waals surface area contributed by atoms with Crippen LogP contribution in [0.3, 0.4) is 0 Å². The van der Waals surface area contributed by atoms with Crippen LogP contribution in [0, 0.1) is 5.92 Å².